The van der Waals surface area contributed by atoms with Crippen molar-refractivity contribution < 1.29 is 23.9 Å². The molecule has 102 valence electrons. The van der Waals surface area contributed by atoms with Crippen molar-refractivity contribution in [3.05, 3.63) is 0 Å². The Morgan fingerprint density at radius 3 is 2.28 bits per heavy atom. The van der Waals surface area contributed by atoms with Crippen LogP contribution in [0.2, 0.25) is 0 Å². The van der Waals surface area contributed by atoms with Gasteiger partial charge in [0, 0.05) is 13.1 Å². The molecule has 1 atom stereocenters. The first-order valence-electron chi connectivity index (χ1n) is 5.96. The molecule has 0 aromatic carbocycles. The molecule has 7 nitrogen and oxygen atoms in total. The third-order valence-electron chi connectivity index (χ3n) is 2.28. The maximum absolute atomic E-state index is 11.6. The highest BCUT2D eigenvalue weighted by Gasteiger charge is 2.31. The molecule has 1 N–H and O–H groups in total. The monoisotopic (exact) mass is 258 g/mol. The first-order valence-corrected chi connectivity index (χ1v) is 5.96. The molecule has 0 spiro atoms. The minimum Gasteiger partial charge on any atom is -0.466 e. The van der Waals surface area contributed by atoms with E-state index in [1.807, 2.05) is 0 Å². The average molecular weight is 258 g/mol. The van der Waals surface area contributed by atoms with E-state index >= 15 is 0 Å². The number of esters is 2. The number of amides is 2. The summed E-state index contributed by atoms with van der Waals surface area (Å²) < 4.78 is 9.55. The Bertz CT molecular complexity index is 327. The van der Waals surface area contributed by atoms with E-state index in [1.54, 1.807) is 13.8 Å². The number of ether oxygens (including phenoxy) is 2. The minimum absolute atomic E-state index is 0.192. The van der Waals surface area contributed by atoms with Gasteiger partial charge in [0.05, 0.1) is 19.6 Å². The number of nitrogens with zero attached hydrogens (tertiary/aromatic N) is 1. The standard InChI is InChI=1S/C11H18N2O5/c1-3-17-9(14)7-8(10(15)18-4-2)12-11(16)13-5-6-13/h8H,3-7H2,1-2H3,(H,12,16). The van der Waals surface area contributed by atoms with Gasteiger partial charge in [-0.15, -0.1) is 0 Å². The van der Waals surface area contributed by atoms with Crippen molar-refractivity contribution in [2.24, 2.45) is 0 Å². The summed E-state index contributed by atoms with van der Waals surface area (Å²) in [6.45, 7) is 5.09. The molecule has 1 aliphatic heterocycles. The summed E-state index contributed by atoms with van der Waals surface area (Å²) in [5.74, 6) is -1.16. The van der Waals surface area contributed by atoms with Crippen LogP contribution >= 0.6 is 0 Å². The molecule has 1 unspecified atom stereocenters. The van der Waals surface area contributed by atoms with E-state index in [0.29, 0.717) is 13.1 Å². The molecule has 0 aromatic rings. The van der Waals surface area contributed by atoms with Gasteiger partial charge >= 0.3 is 18.0 Å². The second-order valence-electron chi connectivity index (χ2n) is 3.75. The molecule has 0 aliphatic carbocycles. The van der Waals surface area contributed by atoms with E-state index in [4.69, 9.17) is 9.47 Å². The third kappa shape index (κ3) is 4.60. The summed E-state index contributed by atoms with van der Waals surface area (Å²) in [4.78, 5) is 36.0. The van der Waals surface area contributed by atoms with E-state index in [9.17, 15) is 14.4 Å². The van der Waals surface area contributed by atoms with Gasteiger partial charge in [-0.25, -0.2) is 9.59 Å². The predicted molar refractivity (Wildman–Crippen MR) is 61.8 cm³/mol. The van der Waals surface area contributed by atoms with Crippen molar-refractivity contribution in [1.82, 2.24) is 10.2 Å². The molecule has 0 saturated carbocycles. The van der Waals surface area contributed by atoms with E-state index in [2.05, 4.69) is 5.32 Å². The summed E-state index contributed by atoms with van der Waals surface area (Å²) in [6, 6.07) is -1.35. The van der Waals surface area contributed by atoms with Crippen LogP contribution < -0.4 is 5.32 Å². The second kappa shape index (κ2) is 6.83. The van der Waals surface area contributed by atoms with Gasteiger partial charge in [-0.2, -0.15) is 0 Å². The molecular formula is C11H18N2O5. The lowest BCUT2D eigenvalue weighted by atomic mass is 10.2. The van der Waals surface area contributed by atoms with Crippen molar-refractivity contribution in [3.8, 4) is 0 Å². The molecule has 0 radical (unpaired) electrons. The van der Waals surface area contributed by atoms with Gasteiger partial charge in [0.15, 0.2) is 0 Å². The van der Waals surface area contributed by atoms with E-state index in [-0.39, 0.29) is 25.7 Å². The number of urea groups is 1. The Labute approximate surface area is 105 Å². The van der Waals surface area contributed by atoms with Crippen molar-refractivity contribution in [2.75, 3.05) is 26.3 Å². The number of nitrogens with one attached hydrogen (secondary N) is 1. The molecule has 7 heteroatoms. The Kier molecular flexibility index (Phi) is 5.41. The first kappa shape index (κ1) is 14.3. The van der Waals surface area contributed by atoms with Crippen LogP contribution in [0.1, 0.15) is 20.3 Å². The minimum atomic E-state index is -0.989. The molecule has 18 heavy (non-hydrogen) atoms. The van der Waals surface area contributed by atoms with E-state index < -0.39 is 18.0 Å². The summed E-state index contributed by atoms with van der Waals surface area (Å²) in [6.07, 6.45) is -0.216. The molecule has 0 bridgehead atoms. The fourth-order valence-corrected chi connectivity index (χ4v) is 1.32. The van der Waals surface area contributed by atoms with Gasteiger partial charge in [-0.3, -0.25) is 4.79 Å². The van der Waals surface area contributed by atoms with Crippen LogP contribution in [0.3, 0.4) is 0 Å². The quantitative estimate of drug-likeness (QED) is 0.531. The van der Waals surface area contributed by atoms with Crippen LogP contribution in [0.4, 0.5) is 4.79 Å². The lowest BCUT2D eigenvalue weighted by molar-refractivity contribution is -0.152. The van der Waals surface area contributed by atoms with Crippen LogP contribution in [-0.4, -0.2) is 55.2 Å². The molecule has 2 amide bonds. The number of rotatable bonds is 6. The number of carbonyl (C=O) groups is 3. The highest BCUT2D eigenvalue weighted by molar-refractivity contribution is 5.88. The van der Waals surface area contributed by atoms with Crippen LogP contribution in [0.25, 0.3) is 0 Å². The molecule has 1 aliphatic rings. The molecule has 1 saturated heterocycles. The van der Waals surface area contributed by atoms with Gasteiger partial charge in [-0.1, -0.05) is 0 Å². The summed E-state index contributed by atoms with van der Waals surface area (Å²) >= 11 is 0. The lowest BCUT2D eigenvalue weighted by Crippen LogP contribution is -2.45. The van der Waals surface area contributed by atoms with Gasteiger partial charge in [-0.05, 0) is 13.8 Å². The first-order chi connectivity index (χ1) is 8.58. The topological polar surface area (TPSA) is 84.7 Å². The fourth-order valence-electron chi connectivity index (χ4n) is 1.32. The maximum atomic E-state index is 11.6. The molecular weight excluding hydrogens is 240 g/mol. The highest BCUT2D eigenvalue weighted by Crippen LogP contribution is 2.06. The summed E-state index contributed by atoms with van der Waals surface area (Å²) in [7, 11) is 0. The predicted octanol–water partition coefficient (Wildman–Crippen LogP) is -0.103. The molecule has 1 fully saturated rings. The smallest absolute Gasteiger partial charge is 0.329 e. The van der Waals surface area contributed by atoms with Gasteiger partial charge < -0.3 is 19.7 Å². The average Bonchev–Trinajstić information content (AvgIpc) is 3.12. The van der Waals surface area contributed by atoms with Crippen LogP contribution in [0, 0.1) is 0 Å². The van der Waals surface area contributed by atoms with Gasteiger partial charge in [0.1, 0.15) is 6.04 Å². The lowest BCUT2D eigenvalue weighted by Gasteiger charge is -2.16. The highest BCUT2D eigenvalue weighted by atomic mass is 16.5. The molecule has 1 heterocycles. The summed E-state index contributed by atoms with van der Waals surface area (Å²) in [5, 5.41) is 2.46. The Morgan fingerprint density at radius 1 is 1.17 bits per heavy atom. The van der Waals surface area contributed by atoms with E-state index in [1.165, 1.54) is 4.90 Å². The van der Waals surface area contributed by atoms with Crippen molar-refractivity contribution in [1.29, 1.82) is 0 Å². The zero-order valence-electron chi connectivity index (χ0n) is 10.6. The Hall–Kier alpha value is -1.79. The molecule has 1 rings (SSSR count). The largest absolute Gasteiger partial charge is 0.466 e. The van der Waals surface area contributed by atoms with E-state index in [0.717, 1.165) is 0 Å². The SMILES string of the molecule is CCOC(=O)CC(NC(=O)N1CC1)C(=O)OCC. The van der Waals surface area contributed by atoms with Gasteiger partial charge in [0.25, 0.3) is 0 Å². The zero-order chi connectivity index (χ0) is 13.5. The number of hydrogen-bond acceptors (Lipinski definition) is 5. The normalized spacial score (nSPS) is 14.7. The second-order valence-corrected chi connectivity index (χ2v) is 3.75. The van der Waals surface area contributed by atoms with Gasteiger partial charge in [0.2, 0.25) is 0 Å². The van der Waals surface area contributed by atoms with Crippen LogP contribution in [0.5, 0.6) is 0 Å². The zero-order valence-corrected chi connectivity index (χ0v) is 10.6. The molecule has 0 aromatic heterocycles. The van der Waals surface area contributed by atoms with Crippen molar-refractivity contribution >= 4 is 18.0 Å². The Morgan fingerprint density at radius 2 is 1.78 bits per heavy atom. The number of hydrogen-bond donors (Lipinski definition) is 1. The fraction of sp³-hybridized carbons (Fsp3) is 0.727. The van der Waals surface area contributed by atoms with Crippen molar-refractivity contribution in [3.63, 3.8) is 0 Å². The van der Waals surface area contributed by atoms with Crippen molar-refractivity contribution in [2.45, 2.75) is 26.3 Å². The summed E-state index contributed by atoms with van der Waals surface area (Å²) in [5.41, 5.74) is 0. The maximum Gasteiger partial charge on any atom is 0.329 e. The van der Waals surface area contributed by atoms with Crippen LogP contribution in [0.15, 0.2) is 0 Å². The van der Waals surface area contributed by atoms with Crippen LogP contribution in [-0.2, 0) is 19.1 Å². The number of carbonyl (C=O) groups excluding carboxylic acids is 3. The third-order valence-corrected chi connectivity index (χ3v) is 2.28. The Balaban J connectivity index is 2.52.